The van der Waals surface area contributed by atoms with Crippen LogP contribution in [0.1, 0.15) is 18.1 Å². The molecule has 1 aliphatic heterocycles. The van der Waals surface area contributed by atoms with E-state index in [1.54, 1.807) is 12.1 Å². The number of halogens is 2. The second-order valence-corrected chi connectivity index (χ2v) is 8.95. The second kappa shape index (κ2) is 9.84. The molecule has 1 atom stereocenters. The summed E-state index contributed by atoms with van der Waals surface area (Å²) in [6.07, 6.45) is 1.63. The molecule has 0 bridgehead atoms. The number of hydrogen-bond donors (Lipinski definition) is 0. The molecule has 1 fully saturated rings. The van der Waals surface area contributed by atoms with Gasteiger partial charge in [0.15, 0.2) is 0 Å². The van der Waals surface area contributed by atoms with Crippen LogP contribution in [0.15, 0.2) is 47.4 Å². The van der Waals surface area contributed by atoms with Crippen LogP contribution in [0.4, 0.5) is 4.79 Å². The summed E-state index contributed by atoms with van der Waals surface area (Å²) in [6, 6.07) is 11.9. The molecule has 2 aromatic carbocycles. The molecule has 0 radical (unpaired) electrons. The first-order chi connectivity index (χ1) is 14.3. The van der Waals surface area contributed by atoms with Crippen molar-refractivity contribution in [2.24, 2.45) is 0 Å². The van der Waals surface area contributed by atoms with Crippen LogP contribution < -0.4 is 4.74 Å². The molecule has 3 rings (SSSR count). The highest BCUT2D eigenvalue weighted by atomic mass is 127. The number of amides is 2. The average Bonchev–Trinajstić information content (AvgIpc) is 3.00. The summed E-state index contributed by atoms with van der Waals surface area (Å²) >= 11 is 8.84. The van der Waals surface area contributed by atoms with Gasteiger partial charge in [0.25, 0.3) is 11.1 Å². The summed E-state index contributed by atoms with van der Waals surface area (Å²) in [5.74, 6) is -0.452. The summed E-state index contributed by atoms with van der Waals surface area (Å²) in [7, 11) is 1.21. The van der Waals surface area contributed by atoms with Gasteiger partial charge in [-0.3, -0.25) is 14.5 Å². The molecule has 0 saturated carbocycles. The van der Waals surface area contributed by atoms with E-state index < -0.39 is 23.2 Å². The van der Waals surface area contributed by atoms with Gasteiger partial charge in [0.1, 0.15) is 18.4 Å². The van der Waals surface area contributed by atoms with Gasteiger partial charge < -0.3 is 9.47 Å². The Morgan fingerprint density at radius 3 is 2.57 bits per heavy atom. The van der Waals surface area contributed by atoms with Gasteiger partial charge in [0.2, 0.25) is 0 Å². The highest BCUT2D eigenvalue weighted by Crippen LogP contribution is 2.34. The maximum Gasteiger partial charge on any atom is 0.328 e. The number of rotatable bonds is 6. The van der Waals surface area contributed by atoms with E-state index in [1.807, 2.05) is 36.4 Å². The quantitative estimate of drug-likeness (QED) is 0.279. The molecule has 0 N–H and O–H groups in total. The van der Waals surface area contributed by atoms with E-state index in [0.717, 1.165) is 31.4 Å². The number of carbonyl (C=O) groups excluding carboxylic acids is 3. The van der Waals surface area contributed by atoms with Crippen molar-refractivity contribution >= 4 is 69.1 Å². The average molecular weight is 558 g/mol. The van der Waals surface area contributed by atoms with Gasteiger partial charge in [0, 0.05) is 5.02 Å². The van der Waals surface area contributed by atoms with Crippen LogP contribution in [0.5, 0.6) is 5.75 Å². The van der Waals surface area contributed by atoms with Crippen molar-refractivity contribution < 1.29 is 23.9 Å². The van der Waals surface area contributed by atoms with Gasteiger partial charge in [-0.25, -0.2) is 4.79 Å². The Balaban J connectivity index is 1.72. The number of hydrogen-bond acceptors (Lipinski definition) is 6. The topological polar surface area (TPSA) is 72.9 Å². The first-order valence-corrected chi connectivity index (χ1v) is 11.1. The minimum Gasteiger partial charge on any atom is -0.488 e. The Labute approximate surface area is 196 Å². The zero-order valence-corrected chi connectivity index (χ0v) is 19.8. The van der Waals surface area contributed by atoms with E-state index in [0.29, 0.717) is 17.4 Å². The van der Waals surface area contributed by atoms with Crippen molar-refractivity contribution in [3.8, 4) is 5.75 Å². The molecule has 0 aromatic heterocycles. The first-order valence-electron chi connectivity index (χ1n) is 8.82. The summed E-state index contributed by atoms with van der Waals surface area (Å²) in [6.45, 7) is 1.86. The van der Waals surface area contributed by atoms with Crippen molar-refractivity contribution in [2.75, 3.05) is 7.11 Å². The van der Waals surface area contributed by atoms with Crippen molar-refractivity contribution in [1.29, 1.82) is 0 Å². The predicted octanol–water partition coefficient (Wildman–Crippen LogP) is 5.12. The zero-order chi connectivity index (χ0) is 21.8. The van der Waals surface area contributed by atoms with E-state index in [4.69, 9.17) is 16.3 Å². The fourth-order valence-electron chi connectivity index (χ4n) is 2.71. The number of nitrogens with zero attached hydrogens (tertiary/aromatic N) is 1. The summed E-state index contributed by atoms with van der Waals surface area (Å²) in [4.78, 5) is 37.7. The lowest BCUT2D eigenvalue weighted by atomic mass is 10.2. The second-order valence-electron chi connectivity index (χ2n) is 6.36. The molecule has 0 spiro atoms. The summed E-state index contributed by atoms with van der Waals surface area (Å²) < 4.78 is 11.3. The number of esters is 1. The van der Waals surface area contributed by atoms with Crippen LogP contribution in [-0.4, -0.2) is 35.2 Å². The Morgan fingerprint density at radius 1 is 1.23 bits per heavy atom. The molecule has 1 aliphatic rings. The molecule has 1 heterocycles. The molecule has 9 heteroatoms. The Bertz CT molecular complexity index is 1020. The number of ether oxygens (including phenoxy) is 2. The minimum atomic E-state index is -0.975. The smallest absolute Gasteiger partial charge is 0.328 e. The Morgan fingerprint density at radius 2 is 1.93 bits per heavy atom. The van der Waals surface area contributed by atoms with Crippen molar-refractivity contribution in [3.05, 3.63) is 67.1 Å². The third kappa shape index (κ3) is 5.16. The minimum absolute atomic E-state index is 0.251. The Kier molecular flexibility index (Phi) is 7.43. The fourth-order valence-corrected chi connectivity index (χ4v) is 4.44. The summed E-state index contributed by atoms with van der Waals surface area (Å²) in [5, 5.41) is 0.171. The number of benzene rings is 2. The Hall–Kier alpha value is -2.04. The predicted molar refractivity (Wildman–Crippen MR) is 124 cm³/mol. The monoisotopic (exact) mass is 557 g/mol. The van der Waals surface area contributed by atoms with Gasteiger partial charge in [0.05, 0.1) is 15.6 Å². The third-order valence-corrected chi connectivity index (χ3v) is 6.29. The number of methoxy groups -OCH3 is 1. The van der Waals surface area contributed by atoms with E-state index in [9.17, 15) is 14.4 Å². The number of thioether (sulfide) groups is 1. The van der Waals surface area contributed by atoms with Crippen molar-refractivity contribution in [2.45, 2.75) is 19.6 Å². The third-order valence-electron chi connectivity index (χ3n) is 4.31. The van der Waals surface area contributed by atoms with E-state index in [-0.39, 0.29) is 4.91 Å². The largest absolute Gasteiger partial charge is 0.488 e. The van der Waals surface area contributed by atoms with Crippen LogP contribution >= 0.6 is 46.0 Å². The van der Waals surface area contributed by atoms with Crippen LogP contribution in [0.3, 0.4) is 0 Å². The molecule has 2 aromatic rings. The molecule has 1 saturated heterocycles. The molecule has 6 nitrogen and oxygen atoms in total. The lowest BCUT2D eigenvalue weighted by molar-refractivity contribution is -0.148. The number of carbonyl (C=O) groups is 3. The highest BCUT2D eigenvalue weighted by molar-refractivity contribution is 14.1. The summed E-state index contributed by atoms with van der Waals surface area (Å²) in [5.41, 5.74) is 1.74. The van der Waals surface area contributed by atoms with Crippen LogP contribution in [0, 0.1) is 3.57 Å². The highest BCUT2D eigenvalue weighted by Gasteiger charge is 2.41. The molecule has 0 unspecified atom stereocenters. The lowest BCUT2D eigenvalue weighted by Crippen LogP contribution is -2.42. The maximum absolute atomic E-state index is 12.6. The van der Waals surface area contributed by atoms with E-state index >= 15 is 0 Å². The zero-order valence-electron chi connectivity index (χ0n) is 16.1. The molecule has 2 amide bonds. The van der Waals surface area contributed by atoms with Gasteiger partial charge in [-0.15, -0.1) is 0 Å². The van der Waals surface area contributed by atoms with Crippen molar-refractivity contribution in [1.82, 2.24) is 4.90 Å². The number of imide groups is 1. The standard InChI is InChI=1S/C21H17ClINO5S/c1-12(20(26)28-2)24-19(25)18(30-21(24)27)10-14-5-8-17(16(23)9-14)29-11-13-3-6-15(22)7-4-13/h3-10,12H,11H2,1-2H3/b18-10+/t12-/m1/s1. The molecular formula is C21H17ClINO5S. The van der Waals surface area contributed by atoms with Crippen LogP contribution in [0.2, 0.25) is 5.02 Å². The molecule has 156 valence electrons. The van der Waals surface area contributed by atoms with E-state index in [2.05, 4.69) is 27.3 Å². The van der Waals surface area contributed by atoms with E-state index in [1.165, 1.54) is 14.0 Å². The van der Waals surface area contributed by atoms with Crippen LogP contribution in [-0.2, 0) is 20.9 Å². The lowest BCUT2D eigenvalue weighted by Gasteiger charge is -2.18. The maximum atomic E-state index is 12.6. The first kappa shape index (κ1) is 22.6. The molecule has 30 heavy (non-hydrogen) atoms. The van der Waals surface area contributed by atoms with Gasteiger partial charge in [-0.05, 0) is 82.7 Å². The van der Waals surface area contributed by atoms with Crippen LogP contribution in [0.25, 0.3) is 6.08 Å². The van der Waals surface area contributed by atoms with Gasteiger partial charge in [-0.1, -0.05) is 29.8 Å². The van der Waals surface area contributed by atoms with Gasteiger partial charge >= 0.3 is 5.97 Å². The van der Waals surface area contributed by atoms with Crippen molar-refractivity contribution in [3.63, 3.8) is 0 Å². The van der Waals surface area contributed by atoms with Gasteiger partial charge in [-0.2, -0.15) is 0 Å². The SMILES string of the molecule is COC(=O)[C@@H](C)N1C(=O)S/C(=C/c2ccc(OCc3ccc(Cl)cc3)c(I)c2)C1=O. The fraction of sp³-hybridized carbons (Fsp3) is 0.190. The molecule has 0 aliphatic carbocycles. The molecular weight excluding hydrogens is 541 g/mol. The normalized spacial score (nSPS) is 16.1.